The van der Waals surface area contributed by atoms with Crippen molar-refractivity contribution in [3.05, 3.63) is 74.5 Å². The molecule has 7 rings (SSSR count). The Morgan fingerprint density at radius 2 is 1.98 bits per heavy atom. The van der Waals surface area contributed by atoms with Crippen molar-refractivity contribution in [2.45, 2.75) is 56.8 Å². The highest BCUT2D eigenvalue weighted by atomic mass is 127. The summed E-state index contributed by atoms with van der Waals surface area (Å²) in [5.74, 6) is 0.234. The van der Waals surface area contributed by atoms with E-state index in [1.165, 1.54) is 17.9 Å². The molecule has 2 aliphatic rings. The lowest BCUT2D eigenvalue weighted by Crippen LogP contribution is -2.33. The molecule has 1 aromatic carbocycles. The first-order valence-corrected chi connectivity index (χ1v) is 15.9. The number of carbonyl (C=O) groups excluding carboxylic acids is 2. The first-order valence-electron chi connectivity index (χ1n) is 16.8. The van der Waals surface area contributed by atoms with E-state index in [1.54, 1.807) is 16.8 Å². The second kappa shape index (κ2) is 11.7. The third-order valence-corrected chi connectivity index (χ3v) is 9.61. The summed E-state index contributed by atoms with van der Waals surface area (Å²) < 4.78 is 47.7. The zero-order chi connectivity index (χ0) is 35.6. The number of carbonyl (C=O) groups is 2. The third kappa shape index (κ3) is 5.17. The van der Waals surface area contributed by atoms with Gasteiger partial charge in [-0.3, -0.25) is 9.13 Å². The molecule has 0 radical (unpaired) electrons. The lowest BCUT2D eigenvalue weighted by atomic mass is 10.2. The number of anilines is 2. The second-order valence-electron chi connectivity index (χ2n) is 11.6. The van der Waals surface area contributed by atoms with Gasteiger partial charge in [0.05, 0.1) is 31.1 Å². The molecule has 0 aliphatic heterocycles. The number of rotatable bonds is 8. The van der Waals surface area contributed by atoms with Crippen LogP contribution in [0.2, 0.25) is 0 Å². The molecule has 2 aliphatic carbocycles. The fraction of sp³-hybridized carbons (Fsp3) is 0.375. The summed E-state index contributed by atoms with van der Waals surface area (Å²) in [6, 6.07) is 12.6. The van der Waals surface area contributed by atoms with Crippen LogP contribution in [0.3, 0.4) is 0 Å². The molecule has 0 spiro atoms. The Balaban J connectivity index is 1.22. The van der Waals surface area contributed by atoms with Gasteiger partial charge >= 0.3 is 17.8 Å². The number of nitrogens with one attached hydrogen (secondary N) is 2. The van der Waals surface area contributed by atoms with E-state index in [9.17, 15) is 14.4 Å². The summed E-state index contributed by atoms with van der Waals surface area (Å²) in [5, 5.41) is 11.1. The summed E-state index contributed by atoms with van der Waals surface area (Å²) in [5.41, 5.74) is -0.0371. The molecule has 4 heterocycles. The fourth-order valence-corrected chi connectivity index (χ4v) is 6.89. The van der Waals surface area contributed by atoms with E-state index in [-0.39, 0.29) is 42.7 Å². The van der Waals surface area contributed by atoms with Gasteiger partial charge in [-0.1, -0.05) is 37.3 Å². The van der Waals surface area contributed by atoms with Crippen molar-refractivity contribution in [1.29, 1.82) is 0 Å². The van der Waals surface area contributed by atoms with E-state index in [0.29, 0.717) is 38.1 Å². The molecule has 0 unspecified atom stereocenters. The van der Waals surface area contributed by atoms with Gasteiger partial charge in [0.1, 0.15) is 21.9 Å². The fourth-order valence-electron chi connectivity index (χ4n) is 6.26. The van der Waals surface area contributed by atoms with Crippen molar-refractivity contribution in [1.82, 2.24) is 34.2 Å². The van der Waals surface area contributed by atoms with E-state index in [0.717, 1.165) is 10.9 Å². The van der Waals surface area contributed by atoms with Crippen LogP contribution in [-0.2, 0) is 33.4 Å². The third-order valence-electron chi connectivity index (χ3n) is 8.81. The first-order chi connectivity index (χ1) is 23.7. The minimum Gasteiger partial charge on any atom is -0.459 e. The Labute approximate surface area is 283 Å². The molecule has 238 valence electrons. The van der Waals surface area contributed by atoms with Crippen molar-refractivity contribution in [2.24, 2.45) is 12.9 Å². The number of benzene rings is 1. The van der Waals surface area contributed by atoms with Gasteiger partial charge < -0.3 is 20.1 Å². The Hall–Kier alpha value is -4.47. The van der Waals surface area contributed by atoms with Gasteiger partial charge in [0.15, 0.2) is 11.2 Å². The van der Waals surface area contributed by atoms with Crippen molar-refractivity contribution >= 4 is 68.4 Å². The number of amides is 1. The number of ether oxygens (including phenoxy) is 2. The summed E-state index contributed by atoms with van der Waals surface area (Å²) in [4.78, 5) is 48.4. The van der Waals surface area contributed by atoms with Crippen LogP contribution in [0, 0.1) is 9.62 Å². The average molecular weight is 741 g/mol. The number of nitrogens with zero attached hydrogens (tertiary/aromatic N) is 6. The number of alkyl carbamates (subject to hydrolysis) is 1. The lowest BCUT2D eigenvalue weighted by Gasteiger charge is -2.17. The highest BCUT2D eigenvalue weighted by Crippen LogP contribution is 2.52. The molecule has 5 aromatic rings. The zero-order valence-electron chi connectivity index (χ0n) is 29.0. The molecule has 4 aromatic heterocycles. The molecule has 46 heavy (non-hydrogen) atoms. The number of aromatic nitrogens is 6. The standard InChI is InChI=1S/C32H33IN8O5/c1-18-15-32(18,29(42)46-17-19-7-5-4-6-8-19)41-28-22(27(33)38-41)11-12-25(37-28)36-26-14-23-24(16-34-26)39(2)31(44)40(23)21-10-9-20(13-21)35-30(43)45-3/h4-8,11-12,14,16,18,20-21H,9-10,13,15,17H2,1-3H3,(H,35,43)(H,34,36,37)/t18-,20+,21+,32-/m0/s1/i2D3,20D. The Morgan fingerprint density at radius 1 is 1.17 bits per heavy atom. The molecule has 14 heteroatoms. The summed E-state index contributed by atoms with van der Waals surface area (Å²) in [6.07, 6.45) is 1.72. The van der Waals surface area contributed by atoms with Crippen LogP contribution in [0.25, 0.3) is 22.1 Å². The van der Waals surface area contributed by atoms with Crippen LogP contribution >= 0.6 is 22.6 Å². The zero-order valence-corrected chi connectivity index (χ0v) is 27.1. The highest BCUT2D eigenvalue weighted by molar-refractivity contribution is 14.1. The summed E-state index contributed by atoms with van der Waals surface area (Å²) >= 11 is 2.12. The predicted octanol–water partition coefficient (Wildman–Crippen LogP) is 4.76. The van der Waals surface area contributed by atoms with E-state index >= 15 is 0 Å². The van der Waals surface area contributed by atoms with Gasteiger partial charge in [-0.15, -0.1) is 0 Å². The quantitative estimate of drug-likeness (QED) is 0.170. The number of esters is 1. The Bertz CT molecular complexity index is 2210. The van der Waals surface area contributed by atoms with E-state index in [4.69, 9.17) is 20.3 Å². The maximum atomic E-state index is 13.7. The molecule has 4 atom stereocenters. The second-order valence-corrected chi connectivity index (χ2v) is 12.7. The maximum absolute atomic E-state index is 13.7. The Morgan fingerprint density at radius 3 is 2.72 bits per heavy atom. The number of imidazole rings is 1. The SMILES string of the molecule is [2H]C([2H])([2H])n1c(=O)n([C@@H]2CC[C@@]([2H])(NC(=O)OC)C2)c2cc(Nc3ccc4c(I)nn([C@@]5(C(=O)OCc6ccccc6)C[C@@H]5C)c4n3)ncc21. The van der Waals surface area contributed by atoms with Crippen LogP contribution in [-0.4, -0.2) is 54.1 Å². The number of hydrogen-bond donors (Lipinski definition) is 2. The predicted molar refractivity (Wildman–Crippen MR) is 179 cm³/mol. The molecular weight excluding hydrogens is 703 g/mol. The lowest BCUT2D eigenvalue weighted by molar-refractivity contribution is -0.151. The van der Waals surface area contributed by atoms with Crippen LogP contribution in [0.15, 0.2) is 59.5 Å². The molecule has 13 nitrogen and oxygen atoms in total. The normalized spacial score (nSPS) is 25.4. The van der Waals surface area contributed by atoms with Crippen LogP contribution < -0.4 is 16.3 Å². The van der Waals surface area contributed by atoms with Gasteiger partial charge in [0, 0.05) is 29.2 Å². The van der Waals surface area contributed by atoms with Crippen molar-refractivity contribution in [2.75, 3.05) is 12.4 Å². The number of hydrogen-bond acceptors (Lipinski definition) is 9. The highest BCUT2D eigenvalue weighted by Gasteiger charge is 2.62. The van der Waals surface area contributed by atoms with Gasteiger partial charge in [-0.2, -0.15) is 5.10 Å². The maximum Gasteiger partial charge on any atom is 0.407 e. The monoisotopic (exact) mass is 740 g/mol. The smallest absolute Gasteiger partial charge is 0.407 e. The van der Waals surface area contributed by atoms with Gasteiger partial charge in [0.25, 0.3) is 0 Å². The van der Waals surface area contributed by atoms with Gasteiger partial charge in [-0.25, -0.2) is 29.0 Å². The van der Waals surface area contributed by atoms with Crippen LogP contribution in [0.4, 0.5) is 16.4 Å². The van der Waals surface area contributed by atoms with Gasteiger partial charge in [0.2, 0.25) is 0 Å². The molecular formula is C32H33IN8O5. The number of pyridine rings is 2. The van der Waals surface area contributed by atoms with Crippen LogP contribution in [0.5, 0.6) is 0 Å². The Kier molecular flexibility index (Phi) is 6.54. The molecule has 0 bridgehead atoms. The minimum absolute atomic E-state index is 0.0352. The topological polar surface area (TPSA) is 147 Å². The van der Waals surface area contributed by atoms with Crippen molar-refractivity contribution in [3.63, 3.8) is 0 Å². The summed E-state index contributed by atoms with van der Waals surface area (Å²) in [7, 11) is 1.20. The molecule has 2 saturated carbocycles. The molecule has 0 saturated heterocycles. The summed E-state index contributed by atoms with van der Waals surface area (Å²) in [6.45, 7) is -0.686. The number of methoxy groups -OCH3 is 1. The average Bonchev–Trinajstić information content (AvgIpc) is 3.29. The number of fused-ring (bicyclic) bond motifs is 2. The molecule has 1 amide bonds. The van der Waals surface area contributed by atoms with E-state index in [1.807, 2.05) is 43.3 Å². The number of aryl methyl sites for hydroxylation is 1. The van der Waals surface area contributed by atoms with Crippen molar-refractivity contribution in [3.8, 4) is 0 Å². The first kappa shape index (κ1) is 25.7. The van der Waals surface area contributed by atoms with Crippen LogP contribution in [0.1, 0.15) is 49.7 Å². The van der Waals surface area contributed by atoms with Gasteiger partial charge in [-0.05, 0) is 71.9 Å². The number of halogens is 1. The largest absolute Gasteiger partial charge is 0.459 e. The van der Waals surface area contributed by atoms with E-state index < -0.39 is 36.4 Å². The van der Waals surface area contributed by atoms with E-state index in [2.05, 4.69) is 42.9 Å². The van der Waals surface area contributed by atoms with Crippen molar-refractivity contribution < 1.29 is 24.5 Å². The molecule has 2 fully saturated rings. The minimum atomic E-state index is -2.79. The molecule has 2 N–H and O–H groups in total.